The van der Waals surface area contributed by atoms with E-state index in [0.29, 0.717) is 10.9 Å². The summed E-state index contributed by atoms with van der Waals surface area (Å²) >= 11 is 5.87. The molecule has 0 aromatic heterocycles. The predicted molar refractivity (Wildman–Crippen MR) is 75.0 cm³/mol. The Kier molecular flexibility index (Phi) is 4.45. The van der Waals surface area contributed by atoms with Gasteiger partial charge in [0.15, 0.2) is 0 Å². The molecule has 0 aliphatic carbocycles. The third-order valence-electron chi connectivity index (χ3n) is 3.66. The maximum atomic E-state index is 11.3. The fourth-order valence-corrected chi connectivity index (χ4v) is 2.78. The van der Waals surface area contributed by atoms with Crippen molar-refractivity contribution in [3.05, 3.63) is 34.9 Å². The van der Waals surface area contributed by atoms with E-state index in [2.05, 4.69) is 24.7 Å². The van der Waals surface area contributed by atoms with E-state index in [-0.39, 0.29) is 12.0 Å². The molecular weight excluding hydrogens is 264 g/mol. The van der Waals surface area contributed by atoms with Crippen LogP contribution >= 0.6 is 11.6 Å². The molecule has 3 atom stereocenters. The molecule has 0 radical (unpaired) electrons. The number of hydrogen-bond donors (Lipinski definition) is 3. The van der Waals surface area contributed by atoms with Gasteiger partial charge in [-0.25, -0.2) is 5.43 Å². The average Bonchev–Trinajstić information content (AvgIpc) is 2.76. The van der Waals surface area contributed by atoms with E-state index in [0.717, 1.165) is 12.0 Å². The highest BCUT2D eigenvalue weighted by Crippen LogP contribution is 2.26. The van der Waals surface area contributed by atoms with Crippen LogP contribution in [0.2, 0.25) is 5.02 Å². The number of carbonyl (C=O) groups is 1. The highest BCUT2D eigenvalue weighted by molar-refractivity contribution is 6.30. The van der Waals surface area contributed by atoms with Crippen molar-refractivity contribution in [2.75, 3.05) is 0 Å². The van der Waals surface area contributed by atoms with Crippen LogP contribution in [0, 0.1) is 11.8 Å². The highest BCUT2D eigenvalue weighted by Gasteiger charge is 2.41. The SMILES string of the molecule is CC(C)C1NNC(C(=O)O)C1Cc1ccc(Cl)cc1. The van der Waals surface area contributed by atoms with E-state index in [1.165, 1.54) is 0 Å². The molecule has 0 bridgehead atoms. The minimum atomic E-state index is -0.811. The number of rotatable bonds is 4. The molecule has 3 N–H and O–H groups in total. The van der Waals surface area contributed by atoms with Crippen molar-refractivity contribution in [3.8, 4) is 0 Å². The lowest BCUT2D eigenvalue weighted by atomic mass is 9.83. The number of benzene rings is 1. The summed E-state index contributed by atoms with van der Waals surface area (Å²) in [4.78, 5) is 11.3. The Labute approximate surface area is 118 Å². The van der Waals surface area contributed by atoms with Gasteiger partial charge in [0, 0.05) is 17.0 Å². The van der Waals surface area contributed by atoms with Crippen molar-refractivity contribution in [2.24, 2.45) is 11.8 Å². The zero-order valence-electron chi connectivity index (χ0n) is 11.1. The van der Waals surface area contributed by atoms with Crippen LogP contribution in [0.4, 0.5) is 0 Å². The van der Waals surface area contributed by atoms with E-state index in [4.69, 9.17) is 11.6 Å². The molecule has 2 rings (SSSR count). The lowest BCUT2D eigenvalue weighted by Crippen LogP contribution is -2.39. The topological polar surface area (TPSA) is 61.4 Å². The summed E-state index contributed by atoms with van der Waals surface area (Å²) in [7, 11) is 0. The molecule has 1 heterocycles. The molecule has 1 aromatic carbocycles. The minimum Gasteiger partial charge on any atom is -0.480 e. The third kappa shape index (κ3) is 3.26. The van der Waals surface area contributed by atoms with Gasteiger partial charge in [-0.15, -0.1) is 0 Å². The van der Waals surface area contributed by atoms with E-state index in [9.17, 15) is 9.90 Å². The third-order valence-corrected chi connectivity index (χ3v) is 3.92. The Morgan fingerprint density at radius 3 is 2.47 bits per heavy atom. The summed E-state index contributed by atoms with van der Waals surface area (Å²) in [5.41, 5.74) is 7.11. The first-order valence-electron chi connectivity index (χ1n) is 6.47. The second-order valence-electron chi connectivity index (χ2n) is 5.37. The summed E-state index contributed by atoms with van der Waals surface area (Å²) in [6, 6.07) is 7.19. The summed E-state index contributed by atoms with van der Waals surface area (Å²) in [6.07, 6.45) is 0.719. The van der Waals surface area contributed by atoms with Crippen molar-refractivity contribution >= 4 is 17.6 Å². The van der Waals surface area contributed by atoms with Crippen molar-refractivity contribution in [2.45, 2.75) is 32.4 Å². The fraction of sp³-hybridized carbons (Fsp3) is 0.500. The van der Waals surface area contributed by atoms with Crippen LogP contribution in [0.3, 0.4) is 0 Å². The molecule has 19 heavy (non-hydrogen) atoms. The van der Waals surface area contributed by atoms with Crippen LogP contribution in [0.1, 0.15) is 19.4 Å². The Morgan fingerprint density at radius 2 is 1.95 bits per heavy atom. The number of hydrogen-bond acceptors (Lipinski definition) is 3. The zero-order valence-corrected chi connectivity index (χ0v) is 11.8. The minimum absolute atomic E-state index is 0.0266. The fourth-order valence-electron chi connectivity index (χ4n) is 2.65. The molecule has 3 unspecified atom stereocenters. The second-order valence-corrected chi connectivity index (χ2v) is 5.81. The molecule has 1 fully saturated rings. The normalized spacial score (nSPS) is 26.8. The Balaban J connectivity index is 2.17. The smallest absolute Gasteiger partial charge is 0.322 e. The Bertz CT molecular complexity index is 447. The maximum absolute atomic E-state index is 11.3. The first-order chi connectivity index (χ1) is 8.99. The maximum Gasteiger partial charge on any atom is 0.322 e. The van der Waals surface area contributed by atoms with Gasteiger partial charge in [-0.3, -0.25) is 10.2 Å². The molecule has 0 amide bonds. The zero-order chi connectivity index (χ0) is 14.0. The second kappa shape index (κ2) is 5.90. The number of halogens is 1. The molecule has 5 heteroatoms. The molecule has 4 nitrogen and oxygen atoms in total. The summed E-state index contributed by atoms with van der Waals surface area (Å²) < 4.78 is 0. The number of carboxylic acids is 1. The number of nitrogens with one attached hydrogen (secondary N) is 2. The van der Waals surface area contributed by atoms with Gasteiger partial charge in [-0.1, -0.05) is 37.6 Å². The van der Waals surface area contributed by atoms with Crippen LogP contribution in [-0.4, -0.2) is 23.2 Å². The van der Waals surface area contributed by atoms with Crippen molar-refractivity contribution in [1.29, 1.82) is 0 Å². The summed E-state index contributed by atoms with van der Waals surface area (Å²) in [6.45, 7) is 4.19. The predicted octanol–water partition coefficient (Wildman–Crippen LogP) is 2.08. The number of aliphatic carboxylic acids is 1. The van der Waals surface area contributed by atoms with Crippen molar-refractivity contribution in [1.82, 2.24) is 10.9 Å². The van der Waals surface area contributed by atoms with E-state index >= 15 is 0 Å². The lowest BCUT2D eigenvalue weighted by Gasteiger charge is -2.24. The largest absolute Gasteiger partial charge is 0.480 e. The van der Waals surface area contributed by atoms with Crippen LogP contribution in [0.25, 0.3) is 0 Å². The number of carboxylic acid groups (broad SMARTS) is 1. The number of hydrazine groups is 1. The Hall–Kier alpha value is -1.10. The van der Waals surface area contributed by atoms with Crippen LogP contribution in [0.5, 0.6) is 0 Å². The van der Waals surface area contributed by atoms with Gasteiger partial charge in [0.25, 0.3) is 0 Å². The molecule has 1 aromatic rings. The summed E-state index contributed by atoms with van der Waals surface area (Å²) in [5, 5.41) is 9.98. The summed E-state index contributed by atoms with van der Waals surface area (Å²) in [5.74, 6) is -0.414. The first kappa shape index (κ1) is 14.3. The molecule has 1 aliphatic heterocycles. The van der Waals surface area contributed by atoms with Gasteiger partial charge in [-0.2, -0.15) is 0 Å². The molecular formula is C14H19ClN2O2. The van der Waals surface area contributed by atoms with E-state index < -0.39 is 12.0 Å². The van der Waals surface area contributed by atoms with Gasteiger partial charge >= 0.3 is 5.97 Å². The molecule has 1 aliphatic rings. The van der Waals surface area contributed by atoms with Gasteiger partial charge in [-0.05, 0) is 30.0 Å². The van der Waals surface area contributed by atoms with Gasteiger partial charge in [0.2, 0.25) is 0 Å². The highest BCUT2D eigenvalue weighted by atomic mass is 35.5. The van der Waals surface area contributed by atoms with Gasteiger partial charge < -0.3 is 5.11 Å². The van der Waals surface area contributed by atoms with Crippen molar-refractivity contribution in [3.63, 3.8) is 0 Å². The van der Waals surface area contributed by atoms with Crippen LogP contribution in [0.15, 0.2) is 24.3 Å². The van der Waals surface area contributed by atoms with E-state index in [1.807, 2.05) is 24.3 Å². The first-order valence-corrected chi connectivity index (χ1v) is 6.85. The quantitative estimate of drug-likeness (QED) is 0.791. The van der Waals surface area contributed by atoms with Crippen LogP contribution < -0.4 is 10.9 Å². The monoisotopic (exact) mass is 282 g/mol. The molecule has 1 saturated heterocycles. The van der Waals surface area contributed by atoms with Gasteiger partial charge in [0.05, 0.1) is 0 Å². The molecule has 0 saturated carbocycles. The lowest BCUT2D eigenvalue weighted by molar-refractivity contribution is -0.140. The van der Waals surface area contributed by atoms with Crippen molar-refractivity contribution < 1.29 is 9.90 Å². The van der Waals surface area contributed by atoms with Gasteiger partial charge in [0.1, 0.15) is 6.04 Å². The van der Waals surface area contributed by atoms with E-state index in [1.54, 1.807) is 0 Å². The standard InChI is InChI=1S/C14H19ClN2O2/c1-8(2)12-11(13(14(18)19)17-16-12)7-9-3-5-10(15)6-4-9/h3-6,8,11-13,16-17H,7H2,1-2H3,(H,18,19). The molecule has 0 spiro atoms. The van der Waals surface area contributed by atoms with Crippen LogP contribution in [-0.2, 0) is 11.2 Å². The molecule has 104 valence electrons. The average molecular weight is 283 g/mol. The Morgan fingerprint density at radius 1 is 1.32 bits per heavy atom.